The summed E-state index contributed by atoms with van der Waals surface area (Å²) >= 11 is 0. The van der Waals surface area contributed by atoms with Crippen LogP contribution in [0.5, 0.6) is 0 Å². The van der Waals surface area contributed by atoms with Crippen molar-refractivity contribution in [2.24, 2.45) is 0 Å². The summed E-state index contributed by atoms with van der Waals surface area (Å²) in [5, 5.41) is 0. The molecule has 2 amide bonds. The van der Waals surface area contributed by atoms with Gasteiger partial charge in [0.25, 0.3) is 11.8 Å². The van der Waals surface area contributed by atoms with Gasteiger partial charge in [-0.1, -0.05) is 30.4 Å². The molecule has 2 aliphatic heterocycles. The average molecular weight is 325 g/mol. The second-order valence-corrected chi connectivity index (χ2v) is 6.70. The summed E-state index contributed by atoms with van der Waals surface area (Å²) in [6.07, 6.45) is 6.23. The maximum Gasteiger partial charge on any atom is 0.261 e. The fourth-order valence-corrected chi connectivity index (χ4v) is 3.51. The summed E-state index contributed by atoms with van der Waals surface area (Å²) in [6, 6.07) is 6.95. The SMILES string of the molecule is CC1(C)O[C@H]2C=CC=C(CCN3C(=O)c4ccccc4C3=O)[C@H]2O1. The Morgan fingerprint density at radius 1 is 1.08 bits per heavy atom. The molecule has 124 valence electrons. The first-order valence-corrected chi connectivity index (χ1v) is 8.14. The number of allylic oxidation sites excluding steroid dienone is 2. The van der Waals surface area contributed by atoms with Crippen LogP contribution in [0.4, 0.5) is 0 Å². The van der Waals surface area contributed by atoms with Gasteiger partial charge in [0.15, 0.2) is 5.79 Å². The number of carbonyl (C=O) groups excluding carboxylic acids is 2. The molecule has 3 aliphatic rings. The largest absolute Gasteiger partial charge is 0.340 e. The number of imide groups is 1. The summed E-state index contributed by atoms with van der Waals surface area (Å²) in [4.78, 5) is 26.2. The molecule has 0 aromatic heterocycles. The van der Waals surface area contributed by atoms with Crippen LogP contribution >= 0.6 is 0 Å². The quantitative estimate of drug-likeness (QED) is 0.802. The Bertz CT molecular complexity index is 742. The minimum atomic E-state index is -0.626. The summed E-state index contributed by atoms with van der Waals surface area (Å²) in [5.41, 5.74) is 2.02. The van der Waals surface area contributed by atoms with E-state index in [1.807, 2.05) is 32.1 Å². The topological polar surface area (TPSA) is 55.8 Å². The molecule has 0 N–H and O–H groups in total. The lowest BCUT2D eigenvalue weighted by Gasteiger charge is -2.23. The van der Waals surface area contributed by atoms with Gasteiger partial charge in [-0.15, -0.1) is 0 Å². The number of hydrogen-bond acceptors (Lipinski definition) is 4. The number of nitrogens with zero attached hydrogens (tertiary/aromatic N) is 1. The lowest BCUT2D eigenvalue weighted by atomic mass is 9.96. The Kier molecular flexibility index (Phi) is 3.44. The van der Waals surface area contributed by atoms with Gasteiger partial charge in [-0.05, 0) is 38.0 Å². The van der Waals surface area contributed by atoms with Crippen LogP contribution in [-0.2, 0) is 9.47 Å². The first-order valence-electron chi connectivity index (χ1n) is 8.14. The highest BCUT2D eigenvalue weighted by Crippen LogP contribution is 2.36. The molecule has 0 bridgehead atoms. The first kappa shape index (κ1) is 15.3. The molecule has 5 heteroatoms. The van der Waals surface area contributed by atoms with E-state index < -0.39 is 5.79 Å². The summed E-state index contributed by atoms with van der Waals surface area (Å²) in [6.45, 7) is 4.13. The van der Waals surface area contributed by atoms with E-state index in [2.05, 4.69) is 0 Å². The normalized spacial score (nSPS) is 27.2. The van der Waals surface area contributed by atoms with Gasteiger partial charge in [0.1, 0.15) is 12.2 Å². The van der Waals surface area contributed by atoms with Crippen molar-refractivity contribution < 1.29 is 19.1 Å². The molecule has 2 atom stereocenters. The monoisotopic (exact) mass is 325 g/mol. The van der Waals surface area contributed by atoms with Gasteiger partial charge < -0.3 is 9.47 Å². The Hall–Kier alpha value is -2.24. The van der Waals surface area contributed by atoms with Crippen molar-refractivity contribution in [1.29, 1.82) is 0 Å². The molecule has 0 saturated carbocycles. The standard InChI is InChI=1S/C19H19NO4/c1-19(2)23-15-9-5-6-12(16(15)24-19)10-11-20-17(21)13-7-3-4-8-14(13)18(20)22/h3-9,15-16H,10-11H2,1-2H3/t15-,16+/m0/s1. The maximum absolute atomic E-state index is 12.4. The van der Waals surface area contributed by atoms with Crippen LogP contribution < -0.4 is 0 Å². The van der Waals surface area contributed by atoms with Crippen molar-refractivity contribution in [2.45, 2.75) is 38.3 Å². The average Bonchev–Trinajstić information content (AvgIpc) is 3.00. The maximum atomic E-state index is 12.4. The predicted molar refractivity (Wildman–Crippen MR) is 87.5 cm³/mol. The first-order chi connectivity index (χ1) is 11.5. The van der Waals surface area contributed by atoms with Gasteiger partial charge in [-0.3, -0.25) is 14.5 Å². The van der Waals surface area contributed by atoms with Crippen molar-refractivity contribution in [2.75, 3.05) is 6.54 Å². The van der Waals surface area contributed by atoms with E-state index in [1.54, 1.807) is 24.3 Å². The van der Waals surface area contributed by atoms with E-state index >= 15 is 0 Å². The third kappa shape index (κ3) is 2.41. The van der Waals surface area contributed by atoms with Crippen LogP contribution in [0.3, 0.4) is 0 Å². The molecule has 2 heterocycles. The molecule has 24 heavy (non-hydrogen) atoms. The van der Waals surface area contributed by atoms with Crippen LogP contribution in [0, 0.1) is 0 Å². The minimum Gasteiger partial charge on any atom is -0.340 e. The Morgan fingerprint density at radius 2 is 1.75 bits per heavy atom. The fraction of sp³-hybridized carbons (Fsp3) is 0.368. The van der Waals surface area contributed by atoms with Gasteiger partial charge >= 0.3 is 0 Å². The van der Waals surface area contributed by atoms with E-state index in [-0.39, 0.29) is 24.0 Å². The minimum absolute atomic E-state index is 0.109. The van der Waals surface area contributed by atoms with Crippen molar-refractivity contribution in [3.8, 4) is 0 Å². The van der Waals surface area contributed by atoms with Crippen molar-refractivity contribution >= 4 is 11.8 Å². The van der Waals surface area contributed by atoms with E-state index in [1.165, 1.54) is 4.90 Å². The van der Waals surface area contributed by atoms with Crippen molar-refractivity contribution in [1.82, 2.24) is 4.90 Å². The zero-order chi connectivity index (χ0) is 16.9. The second kappa shape index (κ2) is 5.40. The summed E-state index contributed by atoms with van der Waals surface area (Å²) in [7, 11) is 0. The molecule has 5 nitrogen and oxygen atoms in total. The molecule has 1 aliphatic carbocycles. The Morgan fingerprint density at radius 3 is 2.42 bits per heavy atom. The number of amides is 2. The number of hydrogen-bond donors (Lipinski definition) is 0. The zero-order valence-electron chi connectivity index (χ0n) is 13.7. The van der Waals surface area contributed by atoms with Crippen molar-refractivity contribution in [3.63, 3.8) is 0 Å². The highest BCUT2D eigenvalue weighted by Gasteiger charge is 2.43. The van der Waals surface area contributed by atoms with E-state index in [0.29, 0.717) is 24.1 Å². The highest BCUT2D eigenvalue weighted by molar-refractivity contribution is 6.21. The van der Waals surface area contributed by atoms with Crippen LogP contribution in [0.25, 0.3) is 0 Å². The molecule has 1 fully saturated rings. The molecule has 0 unspecified atom stereocenters. The molecule has 0 radical (unpaired) electrons. The van der Waals surface area contributed by atoms with Crippen LogP contribution in [0.2, 0.25) is 0 Å². The number of ether oxygens (including phenoxy) is 2. The molecule has 1 aromatic rings. The lowest BCUT2D eigenvalue weighted by molar-refractivity contribution is -0.139. The summed E-state index contributed by atoms with van der Waals surface area (Å²) in [5.74, 6) is -1.07. The molecular weight excluding hydrogens is 306 g/mol. The predicted octanol–water partition coefficient (Wildman–Crippen LogP) is 2.69. The van der Waals surface area contributed by atoms with Crippen molar-refractivity contribution in [3.05, 3.63) is 59.2 Å². The Balaban J connectivity index is 1.48. The van der Waals surface area contributed by atoms with E-state index in [4.69, 9.17) is 9.47 Å². The van der Waals surface area contributed by atoms with E-state index in [0.717, 1.165) is 5.57 Å². The van der Waals surface area contributed by atoms with Gasteiger partial charge in [0.2, 0.25) is 0 Å². The van der Waals surface area contributed by atoms with Crippen LogP contribution in [0.15, 0.2) is 48.1 Å². The van der Waals surface area contributed by atoms with E-state index in [9.17, 15) is 9.59 Å². The lowest BCUT2D eigenvalue weighted by Crippen LogP contribution is -2.33. The molecule has 1 saturated heterocycles. The zero-order valence-corrected chi connectivity index (χ0v) is 13.7. The number of carbonyl (C=O) groups is 2. The molecule has 4 rings (SSSR count). The third-order valence-corrected chi connectivity index (χ3v) is 4.61. The third-order valence-electron chi connectivity index (χ3n) is 4.61. The Labute approximate surface area is 140 Å². The van der Waals surface area contributed by atoms with Gasteiger partial charge in [0, 0.05) is 6.54 Å². The number of rotatable bonds is 3. The van der Waals surface area contributed by atoms with Crippen LogP contribution in [-0.4, -0.2) is 41.3 Å². The highest BCUT2D eigenvalue weighted by atomic mass is 16.7. The van der Waals surface area contributed by atoms with Gasteiger partial charge in [-0.2, -0.15) is 0 Å². The second-order valence-electron chi connectivity index (χ2n) is 6.70. The smallest absolute Gasteiger partial charge is 0.261 e. The molecule has 1 aromatic carbocycles. The van der Waals surface area contributed by atoms with Gasteiger partial charge in [0.05, 0.1) is 11.1 Å². The van der Waals surface area contributed by atoms with Crippen LogP contribution in [0.1, 0.15) is 41.0 Å². The summed E-state index contributed by atoms with van der Waals surface area (Å²) < 4.78 is 11.8. The van der Waals surface area contributed by atoms with Gasteiger partial charge in [-0.25, -0.2) is 0 Å². The number of benzene rings is 1. The fourth-order valence-electron chi connectivity index (χ4n) is 3.51. The molecule has 0 spiro atoms. The molecular formula is C19H19NO4. The number of fused-ring (bicyclic) bond motifs is 2.